The van der Waals surface area contributed by atoms with Gasteiger partial charge in [-0.05, 0) is 116 Å². The van der Waals surface area contributed by atoms with Gasteiger partial charge in [-0.2, -0.15) is 0 Å². The molecule has 0 saturated carbocycles. The minimum Gasteiger partial charge on any atom is -0.456 e. The Kier molecular flexibility index (Phi) is 11.6. The maximum Gasteiger partial charge on any atom is 0.252 e. The number of rotatable bonds is 10. The fourth-order valence-corrected chi connectivity index (χ4v) is 12.6. The van der Waals surface area contributed by atoms with E-state index >= 15 is 0 Å². The number of hydrogen-bond donors (Lipinski definition) is 0. The molecule has 12 aromatic rings. The molecule has 3 nitrogen and oxygen atoms in total. The maximum absolute atomic E-state index is 7.16. The van der Waals surface area contributed by atoms with Crippen LogP contribution in [0.1, 0.15) is 51.7 Å². The number of fused-ring (bicyclic) bond motifs is 7. The van der Waals surface area contributed by atoms with Crippen LogP contribution in [0, 0.1) is 0 Å². The maximum atomic E-state index is 7.16. The third-order valence-electron chi connectivity index (χ3n) is 16.4. The Labute approximate surface area is 458 Å². The van der Waals surface area contributed by atoms with Crippen LogP contribution >= 0.6 is 0 Å². The molecule has 0 spiro atoms. The van der Waals surface area contributed by atoms with Crippen molar-refractivity contribution in [2.45, 2.75) is 52.4 Å². The molecule has 2 aliphatic rings. The standard InChI is InChI=1S/C74H59BN2O/c1-5-6-35-60-72(61(53-33-20-11-21-34-53)48-62-59-36-22-23-39-69(59)78-73(60)62)77-66-43-41-55(50-27-14-8-15-28-50)45-64(66)75-63-44-54(49-25-12-7-13-26-49)40-42-65(63)76(67-46-56(74(2,3)4)47-68(77)70(67)75)71-57(51-29-16-9-17-30-51)37-24-38-58(71)52-31-18-10-19-32-52/h7-34,36-48H,5-6,35H2,1-4H3. The van der Waals surface area contributed by atoms with E-state index in [0.717, 1.165) is 46.9 Å². The first-order valence-electron chi connectivity index (χ1n) is 27.8. The number of unbranched alkanes of at least 4 members (excludes halogenated alkanes) is 1. The van der Waals surface area contributed by atoms with Crippen LogP contribution in [0.3, 0.4) is 0 Å². The molecule has 0 aliphatic carbocycles. The quantitative estimate of drug-likeness (QED) is 0.127. The molecule has 78 heavy (non-hydrogen) atoms. The summed E-state index contributed by atoms with van der Waals surface area (Å²) in [6, 6.07) is 92.5. The number of benzene rings is 11. The second kappa shape index (κ2) is 19.2. The smallest absolute Gasteiger partial charge is 0.252 e. The summed E-state index contributed by atoms with van der Waals surface area (Å²) < 4.78 is 7.16. The summed E-state index contributed by atoms with van der Waals surface area (Å²) in [4.78, 5) is 5.34. The highest BCUT2D eigenvalue weighted by atomic mass is 16.3. The van der Waals surface area contributed by atoms with Crippen molar-refractivity contribution in [3.63, 3.8) is 0 Å². The number of nitrogens with zero attached hydrogens (tertiary/aromatic N) is 2. The van der Waals surface area contributed by atoms with Crippen molar-refractivity contribution >= 4 is 79.2 Å². The van der Waals surface area contributed by atoms with Crippen LogP contribution in [0.2, 0.25) is 0 Å². The number of aryl methyl sites for hydroxylation is 1. The molecule has 4 heteroatoms. The first kappa shape index (κ1) is 47.3. The first-order valence-corrected chi connectivity index (χ1v) is 27.8. The van der Waals surface area contributed by atoms with Gasteiger partial charge in [0.25, 0.3) is 6.71 Å². The van der Waals surface area contributed by atoms with Crippen molar-refractivity contribution in [3.05, 3.63) is 260 Å². The second-order valence-electron chi connectivity index (χ2n) is 22.2. The highest BCUT2D eigenvalue weighted by Gasteiger charge is 2.46. The van der Waals surface area contributed by atoms with Gasteiger partial charge in [-0.25, -0.2) is 0 Å². The largest absolute Gasteiger partial charge is 0.456 e. The molecule has 374 valence electrons. The molecule has 11 aromatic carbocycles. The van der Waals surface area contributed by atoms with Crippen LogP contribution in [0.5, 0.6) is 0 Å². The van der Waals surface area contributed by atoms with Gasteiger partial charge in [-0.15, -0.1) is 0 Å². The zero-order valence-corrected chi connectivity index (χ0v) is 44.7. The molecule has 3 heterocycles. The van der Waals surface area contributed by atoms with Crippen LogP contribution in [0.25, 0.3) is 77.6 Å². The summed E-state index contributed by atoms with van der Waals surface area (Å²) in [5.74, 6) is 0. The SMILES string of the molecule is CCCCc1c(N2c3ccc(-c4ccccc4)cc3B3c4cc(-c5ccccc5)ccc4N(c4c(-c5ccccc5)cccc4-c4ccccc4)c4cc(C(C)(C)C)cc2c43)c(-c2ccccc2)cc2c1oc1ccccc12. The van der Waals surface area contributed by atoms with E-state index in [4.69, 9.17) is 4.42 Å². The zero-order chi connectivity index (χ0) is 52.5. The van der Waals surface area contributed by atoms with Crippen LogP contribution < -0.4 is 26.2 Å². The van der Waals surface area contributed by atoms with E-state index in [1.165, 1.54) is 112 Å². The average molecular weight is 1000 g/mol. The topological polar surface area (TPSA) is 19.6 Å². The lowest BCUT2D eigenvalue weighted by atomic mass is 9.33. The van der Waals surface area contributed by atoms with Crippen molar-refractivity contribution in [1.82, 2.24) is 0 Å². The van der Waals surface area contributed by atoms with Crippen molar-refractivity contribution in [2.24, 2.45) is 0 Å². The van der Waals surface area contributed by atoms with E-state index < -0.39 is 0 Å². The first-order chi connectivity index (χ1) is 38.3. The molecule has 2 aliphatic heterocycles. The molecule has 14 rings (SSSR count). The van der Waals surface area contributed by atoms with Gasteiger partial charge >= 0.3 is 0 Å². The predicted molar refractivity (Wildman–Crippen MR) is 332 cm³/mol. The molecule has 0 saturated heterocycles. The van der Waals surface area contributed by atoms with E-state index in [-0.39, 0.29) is 12.1 Å². The lowest BCUT2D eigenvalue weighted by Gasteiger charge is -2.46. The monoisotopic (exact) mass is 1000 g/mol. The van der Waals surface area contributed by atoms with Gasteiger partial charge in [-0.1, -0.05) is 246 Å². The van der Waals surface area contributed by atoms with E-state index in [9.17, 15) is 0 Å². The van der Waals surface area contributed by atoms with Gasteiger partial charge in [0.05, 0.1) is 11.4 Å². The number of anilines is 6. The van der Waals surface area contributed by atoms with Crippen LogP contribution in [-0.4, -0.2) is 6.71 Å². The minimum atomic E-state index is -0.232. The van der Waals surface area contributed by atoms with Gasteiger partial charge < -0.3 is 14.2 Å². The lowest BCUT2D eigenvalue weighted by molar-refractivity contribution is 0.590. The fraction of sp³-hybridized carbons (Fsp3) is 0.108. The second-order valence-corrected chi connectivity index (χ2v) is 22.2. The minimum absolute atomic E-state index is 0.146. The van der Waals surface area contributed by atoms with Crippen molar-refractivity contribution in [3.8, 4) is 55.6 Å². The molecular formula is C74H59BN2O. The molecule has 0 radical (unpaired) electrons. The molecule has 1 aromatic heterocycles. The molecule has 0 atom stereocenters. The highest BCUT2D eigenvalue weighted by Crippen LogP contribution is 2.54. The summed E-state index contributed by atoms with van der Waals surface area (Å²) in [5, 5.41) is 2.29. The number of furan rings is 1. The fourth-order valence-electron chi connectivity index (χ4n) is 12.6. The Morgan fingerprint density at radius 3 is 1.36 bits per heavy atom. The number of para-hydroxylation sites is 2. The Morgan fingerprint density at radius 1 is 0.397 bits per heavy atom. The van der Waals surface area contributed by atoms with Crippen LogP contribution in [0.4, 0.5) is 34.1 Å². The highest BCUT2D eigenvalue weighted by molar-refractivity contribution is 7.00. The molecule has 0 N–H and O–H groups in total. The molecule has 0 fully saturated rings. The van der Waals surface area contributed by atoms with Gasteiger partial charge in [-0.3, -0.25) is 0 Å². The Morgan fingerprint density at radius 2 is 0.859 bits per heavy atom. The summed E-state index contributed by atoms with van der Waals surface area (Å²) in [5.41, 5.74) is 26.8. The zero-order valence-electron chi connectivity index (χ0n) is 44.7. The van der Waals surface area contributed by atoms with Crippen molar-refractivity contribution in [2.75, 3.05) is 9.80 Å². The summed E-state index contributed by atoms with van der Waals surface area (Å²) in [6.45, 7) is 9.27. The average Bonchev–Trinajstić information content (AvgIpc) is 4.02. The van der Waals surface area contributed by atoms with E-state index in [0.29, 0.717) is 0 Å². The van der Waals surface area contributed by atoms with E-state index in [1.807, 2.05) is 0 Å². The van der Waals surface area contributed by atoms with E-state index in [2.05, 4.69) is 286 Å². The van der Waals surface area contributed by atoms with Crippen molar-refractivity contribution < 1.29 is 4.42 Å². The van der Waals surface area contributed by atoms with Gasteiger partial charge in [0.15, 0.2) is 0 Å². The van der Waals surface area contributed by atoms with Gasteiger partial charge in [0, 0.05) is 55.8 Å². The lowest BCUT2D eigenvalue weighted by Crippen LogP contribution is -2.61. The molecular weight excluding hydrogens is 944 g/mol. The third-order valence-corrected chi connectivity index (χ3v) is 16.4. The Balaban J connectivity index is 1.18. The summed E-state index contributed by atoms with van der Waals surface area (Å²) in [6.07, 6.45) is 2.90. The summed E-state index contributed by atoms with van der Waals surface area (Å²) in [7, 11) is 0. The predicted octanol–water partition coefficient (Wildman–Crippen LogP) is 18.6. The van der Waals surface area contributed by atoms with E-state index in [1.54, 1.807) is 0 Å². The van der Waals surface area contributed by atoms with Gasteiger partial charge in [0.1, 0.15) is 11.2 Å². The molecule has 0 bridgehead atoms. The van der Waals surface area contributed by atoms with Crippen LogP contribution in [0.15, 0.2) is 253 Å². The summed E-state index contributed by atoms with van der Waals surface area (Å²) >= 11 is 0. The van der Waals surface area contributed by atoms with Crippen LogP contribution in [-0.2, 0) is 11.8 Å². The Hall–Kier alpha value is -9.12. The molecule has 0 amide bonds. The van der Waals surface area contributed by atoms with Gasteiger partial charge in [0.2, 0.25) is 0 Å². The Bertz CT molecular complexity index is 4160. The number of hydrogen-bond acceptors (Lipinski definition) is 3. The normalized spacial score (nSPS) is 12.7. The van der Waals surface area contributed by atoms with Crippen molar-refractivity contribution in [1.29, 1.82) is 0 Å². The molecule has 0 unspecified atom stereocenters. The third kappa shape index (κ3) is 7.89.